The third kappa shape index (κ3) is 4.44. The first kappa shape index (κ1) is 18.0. The number of hydrogen-bond acceptors (Lipinski definition) is 4. The van der Waals surface area contributed by atoms with Crippen LogP contribution in [0.4, 0.5) is 26.0 Å². The molecule has 0 aliphatic carbocycles. The summed E-state index contributed by atoms with van der Waals surface area (Å²) in [5, 5.41) is 6.26. The minimum Gasteiger partial charge on any atom is -0.339 e. The van der Waals surface area contributed by atoms with Gasteiger partial charge in [0.25, 0.3) is 5.91 Å². The van der Waals surface area contributed by atoms with E-state index in [-0.39, 0.29) is 11.4 Å². The van der Waals surface area contributed by atoms with E-state index in [4.69, 9.17) is 23.2 Å². The Morgan fingerprint density at radius 1 is 0.885 bits per heavy atom. The molecule has 0 aliphatic rings. The molecule has 0 radical (unpaired) electrons. The van der Waals surface area contributed by atoms with Gasteiger partial charge in [0, 0.05) is 27.5 Å². The van der Waals surface area contributed by atoms with Crippen molar-refractivity contribution in [1.29, 1.82) is 0 Å². The van der Waals surface area contributed by atoms with Crippen LogP contribution in [0.3, 0.4) is 0 Å². The minimum atomic E-state index is -1.06. The van der Waals surface area contributed by atoms with Crippen molar-refractivity contribution in [3.8, 4) is 0 Å². The molecule has 0 aliphatic heterocycles. The molecule has 3 rings (SSSR count). The quantitative estimate of drug-likeness (QED) is 0.648. The third-order valence-electron chi connectivity index (χ3n) is 3.20. The predicted octanol–water partition coefficient (Wildman–Crippen LogP) is 5.06. The molecular formula is C17H10Cl2F2N4O. The van der Waals surface area contributed by atoms with Gasteiger partial charge in [0.1, 0.15) is 11.5 Å². The minimum absolute atomic E-state index is 0.00408. The first-order valence-electron chi connectivity index (χ1n) is 7.22. The molecule has 0 saturated carbocycles. The summed E-state index contributed by atoms with van der Waals surface area (Å²) in [6.45, 7) is 0. The average molecular weight is 395 g/mol. The van der Waals surface area contributed by atoms with Gasteiger partial charge in [-0.1, -0.05) is 23.2 Å². The lowest BCUT2D eigenvalue weighted by atomic mass is 10.3. The van der Waals surface area contributed by atoms with Gasteiger partial charge in [-0.3, -0.25) is 4.79 Å². The number of benzene rings is 2. The summed E-state index contributed by atoms with van der Waals surface area (Å²) in [6.07, 6.45) is 2.58. The standard InChI is InChI=1S/C17H10Cl2F2N4O/c18-9-3-10(19)5-12(4-9)24-16-8-22-15(7-23-16)17(26)25-11-1-2-13(20)14(21)6-11/h1-8H,(H,23,24)(H,25,26). The second-order valence-corrected chi connectivity index (χ2v) is 6.03. The van der Waals surface area contributed by atoms with Crippen LogP contribution in [0.1, 0.15) is 10.5 Å². The first-order valence-corrected chi connectivity index (χ1v) is 7.98. The fourth-order valence-electron chi connectivity index (χ4n) is 2.05. The number of anilines is 3. The number of nitrogens with zero attached hydrogens (tertiary/aromatic N) is 2. The Bertz CT molecular complexity index is 947. The van der Waals surface area contributed by atoms with Gasteiger partial charge in [-0.15, -0.1) is 0 Å². The van der Waals surface area contributed by atoms with Gasteiger partial charge >= 0.3 is 0 Å². The molecule has 0 atom stereocenters. The van der Waals surface area contributed by atoms with Gasteiger partial charge in [0.15, 0.2) is 11.6 Å². The Morgan fingerprint density at radius 3 is 2.23 bits per heavy atom. The summed E-state index contributed by atoms with van der Waals surface area (Å²) in [5.74, 6) is -2.30. The number of halogens is 4. The number of rotatable bonds is 4. The zero-order chi connectivity index (χ0) is 18.7. The number of amides is 1. The van der Waals surface area contributed by atoms with Crippen molar-refractivity contribution in [1.82, 2.24) is 9.97 Å². The van der Waals surface area contributed by atoms with E-state index in [1.807, 2.05) is 0 Å². The molecule has 1 heterocycles. The molecule has 26 heavy (non-hydrogen) atoms. The van der Waals surface area contributed by atoms with Crippen molar-refractivity contribution in [2.24, 2.45) is 0 Å². The highest BCUT2D eigenvalue weighted by atomic mass is 35.5. The van der Waals surface area contributed by atoms with Crippen LogP contribution in [0.25, 0.3) is 0 Å². The lowest BCUT2D eigenvalue weighted by Crippen LogP contribution is -2.14. The smallest absolute Gasteiger partial charge is 0.275 e. The van der Waals surface area contributed by atoms with Crippen LogP contribution in [-0.2, 0) is 0 Å². The second-order valence-electron chi connectivity index (χ2n) is 5.15. The molecule has 0 spiro atoms. The van der Waals surface area contributed by atoms with Gasteiger partial charge in [0.05, 0.1) is 12.4 Å². The summed E-state index contributed by atoms with van der Waals surface area (Å²) in [7, 11) is 0. The molecule has 0 unspecified atom stereocenters. The molecule has 2 aromatic carbocycles. The summed E-state index contributed by atoms with van der Waals surface area (Å²) >= 11 is 11.8. The molecule has 9 heteroatoms. The Morgan fingerprint density at radius 2 is 1.62 bits per heavy atom. The normalized spacial score (nSPS) is 10.5. The Hall–Kier alpha value is -2.77. The van der Waals surface area contributed by atoms with E-state index in [1.54, 1.807) is 18.2 Å². The molecule has 0 bridgehead atoms. The maximum absolute atomic E-state index is 13.2. The highest BCUT2D eigenvalue weighted by Crippen LogP contribution is 2.24. The van der Waals surface area contributed by atoms with E-state index in [9.17, 15) is 13.6 Å². The molecule has 3 aromatic rings. The monoisotopic (exact) mass is 394 g/mol. The summed E-state index contributed by atoms with van der Waals surface area (Å²) in [6, 6.07) is 7.92. The van der Waals surface area contributed by atoms with Crippen LogP contribution in [0.5, 0.6) is 0 Å². The highest BCUT2D eigenvalue weighted by Gasteiger charge is 2.11. The summed E-state index contributed by atoms with van der Waals surface area (Å²) in [4.78, 5) is 20.1. The van der Waals surface area contributed by atoms with E-state index < -0.39 is 17.5 Å². The van der Waals surface area contributed by atoms with E-state index in [0.717, 1.165) is 12.1 Å². The van der Waals surface area contributed by atoms with Crippen molar-refractivity contribution in [2.75, 3.05) is 10.6 Å². The van der Waals surface area contributed by atoms with Crippen molar-refractivity contribution in [3.05, 3.63) is 76.2 Å². The van der Waals surface area contributed by atoms with Gasteiger partial charge in [0.2, 0.25) is 0 Å². The van der Waals surface area contributed by atoms with E-state index >= 15 is 0 Å². The van der Waals surface area contributed by atoms with Crippen LogP contribution in [0.2, 0.25) is 10.0 Å². The fraction of sp³-hybridized carbons (Fsp3) is 0. The largest absolute Gasteiger partial charge is 0.339 e. The van der Waals surface area contributed by atoms with Crippen LogP contribution < -0.4 is 10.6 Å². The highest BCUT2D eigenvalue weighted by molar-refractivity contribution is 6.35. The predicted molar refractivity (Wildman–Crippen MR) is 96.1 cm³/mol. The molecule has 0 fully saturated rings. The van der Waals surface area contributed by atoms with Gasteiger partial charge in [-0.05, 0) is 30.3 Å². The zero-order valence-electron chi connectivity index (χ0n) is 12.9. The first-order chi connectivity index (χ1) is 12.4. The van der Waals surface area contributed by atoms with Crippen LogP contribution >= 0.6 is 23.2 Å². The molecule has 132 valence electrons. The summed E-state index contributed by atoms with van der Waals surface area (Å²) < 4.78 is 26.1. The number of nitrogens with one attached hydrogen (secondary N) is 2. The number of aromatic nitrogens is 2. The van der Waals surface area contributed by atoms with Crippen LogP contribution in [-0.4, -0.2) is 15.9 Å². The van der Waals surface area contributed by atoms with Crippen molar-refractivity contribution >= 4 is 46.3 Å². The Labute approximate surface area is 157 Å². The molecule has 5 nitrogen and oxygen atoms in total. The maximum atomic E-state index is 13.2. The van der Waals surface area contributed by atoms with E-state index in [1.165, 1.54) is 18.5 Å². The number of hydrogen-bond donors (Lipinski definition) is 2. The Kier molecular flexibility index (Phi) is 5.29. The molecule has 0 saturated heterocycles. The maximum Gasteiger partial charge on any atom is 0.275 e. The lowest BCUT2D eigenvalue weighted by molar-refractivity contribution is 0.102. The van der Waals surface area contributed by atoms with Crippen LogP contribution in [0, 0.1) is 11.6 Å². The SMILES string of the molecule is O=C(Nc1ccc(F)c(F)c1)c1cnc(Nc2cc(Cl)cc(Cl)c2)cn1. The number of carbonyl (C=O) groups is 1. The van der Waals surface area contributed by atoms with Crippen LogP contribution in [0.15, 0.2) is 48.8 Å². The van der Waals surface area contributed by atoms with E-state index in [2.05, 4.69) is 20.6 Å². The van der Waals surface area contributed by atoms with Gasteiger partial charge in [-0.2, -0.15) is 0 Å². The fourth-order valence-corrected chi connectivity index (χ4v) is 2.58. The van der Waals surface area contributed by atoms with Crippen molar-refractivity contribution in [2.45, 2.75) is 0 Å². The molecule has 1 amide bonds. The van der Waals surface area contributed by atoms with Crippen molar-refractivity contribution < 1.29 is 13.6 Å². The van der Waals surface area contributed by atoms with Gasteiger partial charge < -0.3 is 10.6 Å². The Balaban J connectivity index is 1.70. The molecule has 2 N–H and O–H groups in total. The topological polar surface area (TPSA) is 66.9 Å². The van der Waals surface area contributed by atoms with Gasteiger partial charge in [-0.25, -0.2) is 18.7 Å². The third-order valence-corrected chi connectivity index (χ3v) is 3.63. The molecule has 1 aromatic heterocycles. The average Bonchev–Trinajstić information content (AvgIpc) is 2.58. The lowest BCUT2D eigenvalue weighted by Gasteiger charge is -2.08. The number of carbonyl (C=O) groups excluding carboxylic acids is 1. The van der Waals surface area contributed by atoms with E-state index in [0.29, 0.717) is 21.6 Å². The zero-order valence-corrected chi connectivity index (χ0v) is 14.4. The van der Waals surface area contributed by atoms with Crippen molar-refractivity contribution in [3.63, 3.8) is 0 Å². The summed E-state index contributed by atoms with van der Waals surface area (Å²) in [5.41, 5.74) is 0.715. The molecular weight excluding hydrogens is 385 g/mol. The second kappa shape index (κ2) is 7.63.